The molecule has 2 aliphatic rings. The molecule has 7 heteroatoms. The van der Waals surface area contributed by atoms with Crippen LogP contribution in [0.5, 0.6) is 0 Å². The summed E-state index contributed by atoms with van der Waals surface area (Å²) >= 11 is 0. The van der Waals surface area contributed by atoms with Gasteiger partial charge in [0.2, 0.25) is 0 Å². The molecule has 1 aliphatic carbocycles. The molecule has 0 N–H and O–H groups in total. The molecule has 0 unspecified atom stereocenters. The second-order valence-corrected chi connectivity index (χ2v) is 11.0. The molecule has 0 bridgehead atoms. The highest BCUT2D eigenvalue weighted by atomic mass is 19.4. The highest BCUT2D eigenvalue weighted by Crippen LogP contribution is 2.64. The number of likely N-dealkylation sites (tertiary alicyclic amines) is 1. The first-order valence-electron chi connectivity index (χ1n) is 12.4. The molecule has 186 valence electrons. The van der Waals surface area contributed by atoms with Crippen molar-refractivity contribution in [1.29, 1.82) is 0 Å². The van der Waals surface area contributed by atoms with E-state index in [1.165, 1.54) is 12.1 Å². The van der Waals surface area contributed by atoms with Gasteiger partial charge >= 0.3 is 6.18 Å². The van der Waals surface area contributed by atoms with Crippen molar-refractivity contribution in [3.63, 3.8) is 0 Å². The number of nitrogens with zero attached hydrogens (tertiary/aromatic N) is 4. The summed E-state index contributed by atoms with van der Waals surface area (Å²) in [5.41, 5.74) is 1.43. The average Bonchev–Trinajstić information content (AvgIpc) is 3.14. The summed E-state index contributed by atoms with van der Waals surface area (Å²) in [6.45, 7) is 9.61. The van der Waals surface area contributed by atoms with E-state index < -0.39 is 11.7 Å². The molecule has 1 saturated carbocycles. The quantitative estimate of drug-likeness (QED) is 0.409. The van der Waals surface area contributed by atoms with Gasteiger partial charge in [0.1, 0.15) is 5.82 Å². The van der Waals surface area contributed by atoms with Crippen LogP contribution in [0.1, 0.15) is 50.6 Å². The van der Waals surface area contributed by atoms with Crippen LogP contribution in [0.15, 0.2) is 54.6 Å². The van der Waals surface area contributed by atoms with Crippen molar-refractivity contribution >= 4 is 0 Å². The number of benzene rings is 2. The fraction of sp³-hybridized carbons (Fsp3) is 0.500. The molecule has 3 atom stereocenters. The Kier molecular flexibility index (Phi) is 5.82. The van der Waals surface area contributed by atoms with Crippen LogP contribution < -0.4 is 0 Å². The molecule has 5 rings (SSSR count). The molecule has 3 aromatic rings. The van der Waals surface area contributed by atoms with E-state index in [4.69, 9.17) is 0 Å². The third kappa shape index (κ3) is 4.18. The van der Waals surface area contributed by atoms with Gasteiger partial charge in [0.15, 0.2) is 5.82 Å². The van der Waals surface area contributed by atoms with Gasteiger partial charge < -0.3 is 9.47 Å². The smallest absolute Gasteiger partial charge is 0.314 e. The molecule has 0 amide bonds. The van der Waals surface area contributed by atoms with Gasteiger partial charge in [-0.15, -0.1) is 10.2 Å². The Morgan fingerprint density at radius 2 is 1.69 bits per heavy atom. The van der Waals surface area contributed by atoms with E-state index >= 15 is 0 Å². The molecule has 1 saturated heterocycles. The summed E-state index contributed by atoms with van der Waals surface area (Å²) in [4.78, 5) is 2.49. The maximum atomic E-state index is 13.0. The van der Waals surface area contributed by atoms with Crippen LogP contribution in [-0.2, 0) is 24.1 Å². The normalized spacial score (nSPS) is 24.5. The van der Waals surface area contributed by atoms with Gasteiger partial charge in [0, 0.05) is 36.5 Å². The van der Waals surface area contributed by atoms with Crippen molar-refractivity contribution in [2.75, 3.05) is 19.6 Å². The number of hydrogen-bond acceptors (Lipinski definition) is 3. The van der Waals surface area contributed by atoms with Crippen LogP contribution in [0.4, 0.5) is 13.2 Å². The first-order valence-corrected chi connectivity index (χ1v) is 12.4. The van der Waals surface area contributed by atoms with Crippen LogP contribution in [0.3, 0.4) is 0 Å². The van der Waals surface area contributed by atoms with E-state index in [1.807, 2.05) is 37.4 Å². The molecule has 1 aliphatic heterocycles. The lowest BCUT2D eigenvalue weighted by Gasteiger charge is -2.27. The molecule has 4 nitrogen and oxygen atoms in total. The summed E-state index contributed by atoms with van der Waals surface area (Å²) in [7, 11) is 2.03. The molecule has 2 fully saturated rings. The summed E-state index contributed by atoms with van der Waals surface area (Å²) in [5, 5.41) is 9.00. The molecule has 2 heterocycles. The fourth-order valence-electron chi connectivity index (χ4n) is 6.34. The highest BCUT2D eigenvalue weighted by Gasteiger charge is 2.66. The van der Waals surface area contributed by atoms with Crippen LogP contribution in [0.25, 0.3) is 11.4 Å². The second kappa shape index (κ2) is 8.47. The molecule has 0 radical (unpaired) electrons. The summed E-state index contributed by atoms with van der Waals surface area (Å²) < 4.78 is 41.1. The van der Waals surface area contributed by atoms with Gasteiger partial charge in [0.25, 0.3) is 0 Å². The number of rotatable bonds is 7. The maximum Gasteiger partial charge on any atom is 0.416 e. The van der Waals surface area contributed by atoms with Crippen LogP contribution in [0, 0.1) is 11.8 Å². The minimum atomic E-state index is -4.29. The van der Waals surface area contributed by atoms with E-state index in [0.717, 1.165) is 55.3 Å². The number of fused-ring (bicyclic) bond motifs is 1. The van der Waals surface area contributed by atoms with Crippen LogP contribution in [-0.4, -0.2) is 39.3 Å². The minimum Gasteiger partial charge on any atom is -0.314 e. The third-order valence-electron chi connectivity index (χ3n) is 8.45. The molecule has 0 spiro atoms. The van der Waals surface area contributed by atoms with Gasteiger partial charge in [-0.25, -0.2) is 0 Å². The number of aromatic nitrogens is 3. The number of alkyl halides is 3. The van der Waals surface area contributed by atoms with Crippen LogP contribution in [0.2, 0.25) is 0 Å². The van der Waals surface area contributed by atoms with Gasteiger partial charge in [-0.2, -0.15) is 13.2 Å². The lowest BCUT2D eigenvalue weighted by Crippen LogP contribution is -2.31. The van der Waals surface area contributed by atoms with E-state index in [1.54, 1.807) is 12.1 Å². The minimum absolute atomic E-state index is 0.00776. The number of piperidine rings is 1. The third-order valence-corrected chi connectivity index (χ3v) is 8.45. The van der Waals surface area contributed by atoms with Crippen molar-refractivity contribution in [2.24, 2.45) is 18.9 Å². The van der Waals surface area contributed by atoms with E-state index in [2.05, 4.69) is 40.4 Å². The van der Waals surface area contributed by atoms with E-state index in [9.17, 15) is 13.2 Å². The zero-order chi connectivity index (χ0) is 25.0. The van der Waals surface area contributed by atoms with E-state index in [-0.39, 0.29) is 10.8 Å². The highest BCUT2D eigenvalue weighted by molar-refractivity contribution is 5.55. The zero-order valence-corrected chi connectivity index (χ0v) is 20.8. The Labute approximate surface area is 205 Å². The fourth-order valence-corrected chi connectivity index (χ4v) is 6.34. The maximum absolute atomic E-state index is 13.0. The van der Waals surface area contributed by atoms with Crippen molar-refractivity contribution in [3.8, 4) is 11.4 Å². The zero-order valence-electron chi connectivity index (χ0n) is 20.8. The first kappa shape index (κ1) is 24.0. The molecule has 35 heavy (non-hydrogen) atoms. The lowest BCUT2D eigenvalue weighted by molar-refractivity contribution is -0.137. The Balaban J connectivity index is 1.21. The number of halogens is 3. The van der Waals surface area contributed by atoms with Gasteiger partial charge in [-0.1, -0.05) is 63.2 Å². The average molecular weight is 483 g/mol. The first-order chi connectivity index (χ1) is 16.5. The Hall–Kier alpha value is -2.67. The van der Waals surface area contributed by atoms with Gasteiger partial charge in [0.05, 0.1) is 5.56 Å². The summed E-state index contributed by atoms with van der Waals surface area (Å²) in [6, 6.07) is 16.0. The predicted molar refractivity (Wildman–Crippen MR) is 131 cm³/mol. The summed E-state index contributed by atoms with van der Waals surface area (Å²) in [6.07, 6.45) is -2.27. The number of hydrogen-bond donors (Lipinski definition) is 0. The van der Waals surface area contributed by atoms with Crippen molar-refractivity contribution in [2.45, 2.75) is 50.6 Å². The molecular weight excluding hydrogens is 449 g/mol. The molecule has 1 aromatic heterocycles. The molecular formula is C28H33F3N4. The predicted octanol–water partition coefficient (Wildman–Crippen LogP) is 6.08. The monoisotopic (exact) mass is 482 g/mol. The molecule has 2 aromatic carbocycles. The van der Waals surface area contributed by atoms with Crippen LogP contribution >= 0.6 is 0 Å². The van der Waals surface area contributed by atoms with E-state index in [0.29, 0.717) is 11.8 Å². The van der Waals surface area contributed by atoms with Crippen molar-refractivity contribution in [3.05, 3.63) is 71.5 Å². The topological polar surface area (TPSA) is 34.0 Å². The summed E-state index contributed by atoms with van der Waals surface area (Å²) in [5.74, 6) is 2.90. The van der Waals surface area contributed by atoms with Crippen molar-refractivity contribution in [1.82, 2.24) is 19.7 Å². The Morgan fingerprint density at radius 3 is 2.34 bits per heavy atom. The Bertz CT molecular complexity index is 1180. The SMILES string of the molecule is C[C@H]1[C@H]2CN(CCCC(C)(C)c3nnc(-c4ccccc4)n3C)C[C@]21c1ccc(C(F)(F)F)cc1. The van der Waals surface area contributed by atoms with Gasteiger partial charge in [-0.3, -0.25) is 0 Å². The Morgan fingerprint density at radius 1 is 1.00 bits per heavy atom. The largest absolute Gasteiger partial charge is 0.416 e. The van der Waals surface area contributed by atoms with Crippen molar-refractivity contribution < 1.29 is 13.2 Å². The lowest BCUT2D eigenvalue weighted by atomic mass is 9.86. The second-order valence-electron chi connectivity index (χ2n) is 11.0. The van der Waals surface area contributed by atoms with Gasteiger partial charge in [-0.05, 0) is 48.9 Å². The standard InChI is InChI=1S/C28H33F3N4/c1-19-23-17-35(18-27(19,23)21-11-13-22(14-12-21)28(29,30)31)16-8-15-26(2,3)25-33-32-24(34(25)4)20-9-6-5-7-10-20/h5-7,9-14,19,23H,8,15-18H2,1-4H3/t19-,23+,27-/m0/s1.